The molecule has 2 aromatic heterocycles. The van der Waals surface area contributed by atoms with Crippen LogP contribution in [0.15, 0.2) is 36.9 Å². The fourth-order valence-corrected chi connectivity index (χ4v) is 3.15. The molecule has 1 saturated heterocycles. The van der Waals surface area contributed by atoms with Crippen molar-refractivity contribution >= 4 is 11.3 Å². The van der Waals surface area contributed by atoms with Gasteiger partial charge < -0.3 is 18.9 Å². The zero-order valence-corrected chi connectivity index (χ0v) is 16.3. The maximum absolute atomic E-state index is 5.80. The Kier molecular flexibility index (Phi) is 7.71. The van der Waals surface area contributed by atoms with E-state index in [4.69, 9.17) is 18.9 Å². The first-order chi connectivity index (χ1) is 13.8. The third kappa shape index (κ3) is 6.25. The van der Waals surface area contributed by atoms with Gasteiger partial charge in [0.1, 0.15) is 30.9 Å². The van der Waals surface area contributed by atoms with Crippen LogP contribution in [0, 0.1) is 0 Å². The predicted octanol–water partition coefficient (Wildman–Crippen LogP) is 1.74. The number of rotatable bonds is 11. The lowest BCUT2D eigenvalue weighted by atomic mass is 10.3. The van der Waals surface area contributed by atoms with Gasteiger partial charge in [-0.3, -0.25) is 4.90 Å². The number of nitrogens with zero attached hydrogens (tertiary/aromatic N) is 5. The van der Waals surface area contributed by atoms with E-state index in [1.54, 1.807) is 23.5 Å². The van der Waals surface area contributed by atoms with Crippen molar-refractivity contribution in [2.45, 2.75) is 12.6 Å². The molecule has 28 heavy (non-hydrogen) atoms. The van der Waals surface area contributed by atoms with E-state index in [1.165, 1.54) is 0 Å². The van der Waals surface area contributed by atoms with Crippen LogP contribution in [-0.2, 0) is 11.3 Å². The van der Waals surface area contributed by atoms with Crippen LogP contribution in [0.3, 0.4) is 0 Å². The topological polar surface area (TPSA) is 91.7 Å². The molecule has 150 valence electrons. The van der Waals surface area contributed by atoms with Gasteiger partial charge in [-0.2, -0.15) is 0 Å². The Balaban J connectivity index is 1.57. The number of thiazole rings is 1. The molecule has 2 aromatic rings. The van der Waals surface area contributed by atoms with Gasteiger partial charge >= 0.3 is 18.0 Å². The highest BCUT2D eigenvalue weighted by molar-refractivity contribution is 7.09. The summed E-state index contributed by atoms with van der Waals surface area (Å²) in [5, 5.41) is 3.07. The summed E-state index contributed by atoms with van der Waals surface area (Å²) in [7, 11) is 0. The molecule has 3 rings (SSSR count). The van der Waals surface area contributed by atoms with Crippen LogP contribution in [0.2, 0.25) is 0 Å². The van der Waals surface area contributed by atoms with Gasteiger partial charge in [0.2, 0.25) is 0 Å². The highest BCUT2D eigenvalue weighted by atomic mass is 32.1. The molecule has 1 aliphatic heterocycles. The summed E-state index contributed by atoms with van der Waals surface area (Å²) in [6, 6.07) is 0.339. The Bertz CT molecular complexity index is 728. The molecule has 10 heteroatoms. The number of morpholine rings is 1. The Labute approximate surface area is 167 Å². The fourth-order valence-electron chi connectivity index (χ4n) is 2.50. The summed E-state index contributed by atoms with van der Waals surface area (Å²) in [5.41, 5.74) is 0. The van der Waals surface area contributed by atoms with Gasteiger partial charge in [-0.05, 0) is 0 Å². The van der Waals surface area contributed by atoms with E-state index < -0.39 is 0 Å². The molecule has 0 N–H and O–H groups in total. The maximum atomic E-state index is 5.80. The average molecular weight is 405 g/mol. The van der Waals surface area contributed by atoms with Gasteiger partial charge in [-0.1, -0.05) is 25.3 Å². The average Bonchev–Trinajstić information content (AvgIpc) is 3.22. The van der Waals surface area contributed by atoms with Crippen molar-refractivity contribution in [3.05, 3.63) is 41.9 Å². The highest BCUT2D eigenvalue weighted by Gasteiger charge is 2.22. The van der Waals surface area contributed by atoms with Crippen LogP contribution in [0.5, 0.6) is 18.0 Å². The molecule has 0 spiro atoms. The standard InChI is InChI=1S/C18H23N5O4S/c1-3-7-25-16-20-17(26-8-4-2)22-18(21-16)27-13-14-11-23(6-9-24-14)12-15-19-5-10-28-15/h3-5,10,14H,1-2,6-9,11-13H2. The Morgan fingerprint density at radius 2 is 1.79 bits per heavy atom. The smallest absolute Gasteiger partial charge is 0.326 e. The van der Waals surface area contributed by atoms with Gasteiger partial charge in [-0.15, -0.1) is 26.3 Å². The molecule has 0 aromatic carbocycles. The van der Waals surface area contributed by atoms with Crippen molar-refractivity contribution in [2.75, 3.05) is 39.5 Å². The summed E-state index contributed by atoms with van der Waals surface area (Å²) < 4.78 is 22.3. The molecule has 0 bridgehead atoms. The van der Waals surface area contributed by atoms with E-state index in [0.717, 1.165) is 24.6 Å². The van der Waals surface area contributed by atoms with Crippen molar-refractivity contribution in [1.29, 1.82) is 0 Å². The van der Waals surface area contributed by atoms with Crippen LogP contribution in [0.4, 0.5) is 0 Å². The van der Waals surface area contributed by atoms with Crippen molar-refractivity contribution in [3.63, 3.8) is 0 Å². The first kappa shape index (κ1) is 20.2. The normalized spacial score (nSPS) is 17.1. The van der Waals surface area contributed by atoms with Gasteiger partial charge in [0, 0.05) is 24.7 Å². The zero-order valence-electron chi connectivity index (χ0n) is 15.5. The zero-order chi connectivity index (χ0) is 19.6. The number of aromatic nitrogens is 4. The second-order valence-corrected chi connectivity index (χ2v) is 6.83. The fraction of sp³-hybridized carbons (Fsp3) is 0.444. The third-order valence-electron chi connectivity index (χ3n) is 3.70. The first-order valence-electron chi connectivity index (χ1n) is 8.85. The van der Waals surface area contributed by atoms with E-state index in [9.17, 15) is 0 Å². The van der Waals surface area contributed by atoms with Crippen molar-refractivity contribution in [1.82, 2.24) is 24.8 Å². The van der Waals surface area contributed by atoms with Gasteiger partial charge in [0.15, 0.2) is 0 Å². The molecular formula is C18H23N5O4S. The molecule has 0 amide bonds. The minimum absolute atomic E-state index is 0.0967. The van der Waals surface area contributed by atoms with E-state index >= 15 is 0 Å². The molecular weight excluding hydrogens is 382 g/mol. The van der Waals surface area contributed by atoms with E-state index in [-0.39, 0.29) is 37.3 Å². The van der Waals surface area contributed by atoms with E-state index in [0.29, 0.717) is 13.2 Å². The van der Waals surface area contributed by atoms with Crippen LogP contribution in [-0.4, -0.2) is 70.5 Å². The van der Waals surface area contributed by atoms with Gasteiger partial charge in [0.05, 0.1) is 13.2 Å². The molecule has 1 unspecified atom stereocenters. The summed E-state index contributed by atoms with van der Waals surface area (Å²) in [5.74, 6) is 0. The molecule has 1 fully saturated rings. The van der Waals surface area contributed by atoms with Crippen molar-refractivity contribution in [2.24, 2.45) is 0 Å². The minimum atomic E-state index is -0.0967. The van der Waals surface area contributed by atoms with Crippen LogP contribution in [0.1, 0.15) is 5.01 Å². The lowest BCUT2D eigenvalue weighted by Crippen LogP contribution is -2.44. The predicted molar refractivity (Wildman–Crippen MR) is 104 cm³/mol. The Hall–Kier alpha value is -2.56. The Morgan fingerprint density at radius 3 is 2.39 bits per heavy atom. The van der Waals surface area contributed by atoms with Gasteiger partial charge in [0.25, 0.3) is 0 Å². The SMILES string of the molecule is C=CCOc1nc(OCC=C)nc(OCC2CN(Cc3nccs3)CCO2)n1. The number of ether oxygens (including phenoxy) is 4. The van der Waals surface area contributed by atoms with Crippen molar-refractivity contribution < 1.29 is 18.9 Å². The first-order valence-corrected chi connectivity index (χ1v) is 9.73. The summed E-state index contributed by atoms with van der Waals surface area (Å²) in [6.07, 6.45) is 4.92. The lowest BCUT2D eigenvalue weighted by Gasteiger charge is -2.31. The molecule has 1 aliphatic rings. The molecule has 0 radical (unpaired) electrons. The lowest BCUT2D eigenvalue weighted by molar-refractivity contribution is -0.0518. The van der Waals surface area contributed by atoms with Crippen molar-refractivity contribution in [3.8, 4) is 18.0 Å². The van der Waals surface area contributed by atoms with Crippen LogP contribution in [0.25, 0.3) is 0 Å². The van der Waals surface area contributed by atoms with E-state index in [1.807, 2.05) is 11.6 Å². The van der Waals surface area contributed by atoms with Crippen LogP contribution >= 0.6 is 11.3 Å². The largest absolute Gasteiger partial charge is 0.460 e. The summed E-state index contributed by atoms with van der Waals surface area (Å²) >= 11 is 1.65. The quantitative estimate of drug-likeness (QED) is 0.518. The summed E-state index contributed by atoms with van der Waals surface area (Å²) in [4.78, 5) is 19.0. The number of hydrogen-bond acceptors (Lipinski definition) is 10. The number of hydrogen-bond donors (Lipinski definition) is 0. The molecule has 3 heterocycles. The maximum Gasteiger partial charge on any atom is 0.326 e. The second kappa shape index (κ2) is 10.7. The Morgan fingerprint density at radius 1 is 1.11 bits per heavy atom. The van der Waals surface area contributed by atoms with Gasteiger partial charge in [-0.25, -0.2) is 4.98 Å². The third-order valence-corrected chi connectivity index (χ3v) is 4.46. The molecule has 1 atom stereocenters. The molecule has 9 nitrogen and oxygen atoms in total. The molecule has 0 saturated carbocycles. The summed E-state index contributed by atoms with van der Waals surface area (Å²) in [6.45, 7) is 11.1. The van der Waals surface area contributed by atoms with Crippen LogP contribution < -0.4 is 14.2 Å². The minimum Gasteiger partial charge on any atom is -0.460 e. The highest BCUT2D eigenvalue weighted by Crippen LogP contribution is 2.17. The molecule has 0 aliphatic carbocycles. The second-order valence-electron chi connectivity index (χ2n) is 5.85. The monoisotopic (exact) mass is 405 g/mol. The van der Waals surface area contributed by atoms with E-state index in [2.05, 4.69) is 38.0 Å².